The van der Waals surface area contributed by atoms with Crippen molar-refractivity contribution >= 4 is 0 Å². The molecule has 9 heavy (non-hydrogen) atoms. The van der Waals surface area contributed by atoms with Crippen LogP contribution in [-0.2, 0) is 0 Å². The van der Waals surface area contributed by atoms with Gasteiger partial charge >= 0.3 is 0 Å². The summed E-state index contributed by atoms with van der Waals surface area (Å²) in [6.07, 6.45) is 2.70. The third-order valence-electron chi connectivity index (χ3n) is 1.59. The first-order valence-corrected chi connectivity index (χ1v) is 3.01. The van der Waals surface area contributed by atoms with E-state index >= 15 is 0 Å². The van der Waals surface area contributed by atoms with Crippen molar-refractivity contribution in [2.24, 2.45) is 0 Å². The summed E-state index contributed by atoms with van der Waals surface area (Å²) in [4.78, 5) is 1.57. The number of nitrogens with zero attached hydrogens (tertiary/aromatic N) is 2. The summed E-state index contributed by atoms with van der Waals surface area (Å²) in [7, 11) is 0. The monoisotopic (exact) mass is 126 g/mol. The highest BCUT2D eigenvalue weighted by Crippen LogP contribution is 2.18. The van der Waals surface area contributed by atoms with Crippen molar-refractivity contribution < 1.29 is 5.11 Å². The number of rotatable bonds is 0. The fourth-order valence-electron chi connectivity index (χ4n) is 1.03. The number of aliphatic hydroxyl groups is 1. The minimum Gasteiger partial charge on any atom is -0.388 e. The molecule has 0 saturated carbocycles. The zero-order chi connectivity index (χ0) is 6.91. The zero-order valence-electron chi connectivity index (χ0n) is 5.46. The van der Waals surface area contributed by atoms with E-state index < -0.39 is 5.60 Å². The predicted molar refractivity (Wildman–Crippen MR) is 32.4 cm³/mol. The molecule has 0 amide bonds. The molecule has 3 nitrogen and oxygen atoms in total. The van der Waals surface area contributed by atoms with Gasteiger partial charge in [-0.25, -0.2) is 0 Å². The van der Waals surface area contributed by atoms with Crippen LogP contribution in [0, 0.1) is 11.5 Å². The number of β-amino-alcohol motifs (C(OH)–C–C–N with tert-alkyl or cyclic N) is 1. The van der Waals surface area contributed by atoms with Crippen LogP contribution in [0.1, 0.15) is 13.3 Å². The van der Waals surface area contributed by atoms with E-state index in [2.05, 4.69) is 0 Å². The second-order valence-corrected chi connectivity index (χ2v) is 2.77. The summed E-state index contributed by atoms with van der Waals surface area (Å²) in [5.41, 5.74) is -0.629. The number of hydrogen-bond donors (Lipinski definition) is 1. The highest BCUT2D eigenvalue weighted by Gasteiger charge is 2.30. The van der Waals surface area contributed by atoms with E-state index in [9.17, 15) is 5.11 Å². The lowest BCUT2D eigenvalue weighted by atomic mass is 10.1. The Morgan fingerprint density at radius 2 is 2.44 bits per heavy atom. The third-order valence-corrected chi connectivity index (χ3v) is 1.59. The van der Waals surface area contributed by atoms with Gasteiger partial charge in [0.05, 0.1) is 12.1 Å². The first-order chi connectivity index (χ1) is 4.14. The van der Waals surface area contributed by atoms with Crippen LogP contribution in [0.2, 0.25) is 0 Å². The van der Waals surface area contributed by atoms with Crippen molar-refractivity contribution in [1.29, 1.82) is 5.26 Å². The second kappa shape index (κ2) is 1.89. The van der Waals surface area contributed by atoms with Crippen LogP contribution in [0.4, 0.5) is 0 Å². The van der Waals surface area contributed by atoms with Crippen LogP contribution >= 0.6 is 0 Å². The van der Waals surface area contributed by atoms with Gasteiger partial charge in [0.25, 0.3) is 0 Å². The van der Waals surface area contributed by atoms with Crippen LogP contribution in [-0.4, -0.2) is 28.7 Å². The van der Waals surface area contributed by atoms with Gasteiger partial charge in [0.1, 0.15) is 0 Å². The number of nitriles is 1. The molecular formula is C6H10N2O. The molecule has 1 N–H and O–H groups in total. The van der Waals surface area contributed by atoms with Crippen LogP contribution < -0.4 is 0 Å². The van der Waals surface area contributed by atoms with Crippen LogP contribution in [0.15, 0.2) is 0 Å². The molecule has 0 radical (unpaired) electrons. The molecule has 0 bridgehead atoms. The molecule has 0 aromatic heterocycles. The summed E-state index contributed by atoms with van der Waals surface area (Å²) in [6, 6.07) is 0. The molecule has 1 aliphatic heterocycles. The van der Waals surface area contributed by atoms with E-state index in [4.69, 9.17) is 5.26 Å². The summed E-state index contributed by atoms with van der Waals surface area (Å²) in [5.74, 6) is 0. The molecule has 0 aromatic rings. The van der Waals surface area contributed by atoms with Crippen molar-refractivity contribution in [3.05, 3.63) is 0 Å². The van der Waals surface area contributed by atoms with Gasteiger partial charge in [0, 0.05) is 6.54 Å². The normalized spacial score (nSPS) is 34.6. The lowest BCUT2D eigenvalue weighted by Gasteiger charge is -2.13. The fraction of sp³-hybridized carbons (Fsp3) is 0.833. The topological polar surface area (TPSA) is 47.3 Å². The summed E-state index contributed by atoms with van der Waals surface area (Å²) < 4.78 is 0. The van der Waals surface area contributed by atoms with E-state index in [0.717, 1.165) is 0 Å². The minimum atomic E-state index is -0.629. The van der Waals surface area contributed by atoms with Crippen LogP contribution in [0.5, 0.6) is 0 Å². The first kappa shape index (κ1) is 6.37. The summed E-state index contributed by atoms with van der Waals surface area (Å²) >= 11 is 0. The Kier molecular flexibility index (Phi) is 1.34. The Morgan fingerprint density at radius 1 is 1.78 bits per heavy atom. The van der Waals surface area contributed by atoms with E-state index in [1.807, 2.05) is 6.19 Å². The van der Waals surface area contributed by atoms with E-state index in [0.29, 0.717) is 19.5 Å². The second-order valence-electron chi connectivity index (χ2n) is 2.77. The molecule has 0 aromatic carbocycles. The lowest BCUT2D eigenvalue weighted by molar-refractivity contribution is 0.0744. The first-order valence-electron chi connectivity index (χ1n) is 3.01. The smallest absolute Gasteiger partial charge is 0.179 e. The van der Waals surface area contributed by atoms with Crippen molar-refractivity contribution in [2.75, 3.05) is 13.1 Å². The molecule has 3 heteroatoms. The quantitative estimate of drug-likeness (QED) is 0.462. The summed E-state index contributed by atoms with van der Waals surface area (Å²) in [5, 5.41) is 17.7. The van der Waals surface area contributed by atoms with Crippen molar-refractivity contribution in [2.45, 2.75) is 18.9 Å². The molecule has 1 heterocycles. The molecule has 50 valence electrons. The van der Waals surface area contributed by atoms with Gasteiger partial charge in [-0.1, -0.05) is 0 Å². The van der Waals surface area contributed by atoms with Crippen molar-refractivity contribution in [3.8, 4) is 6.19 Å². The van der Waals surface area contributed by atoms with Gasteiger partial charge < -0.3 is 10.0 Å². The molecule has 1 aliphatic rings. The van der Waals surface area contributed by atoms with Gasteiger partial charge in [0.15, 0.2) is 6.19 Å². The molecule has 1 unspecified atom stereocenters. The Morgan fingerprint density at radius 3 is 2.67 bits per heavy atom. The van der Waals surface area contributed by atoms with Crippen molar-refractivity contribution in [3.63, 3.8) is 0 Å². The Hall–Kier alpha value is -0.750. The molecule has 1 saturated heterocycles. The van der Waals surface area contributed by atoms with Crippen LogP contribution in [0.25, 0.3) is 0 Å². The average molecular weight is 126 g/mol. The molecular weight excluding hydrogens is 116 g/mol. The highest BCUT2D eigenvalue weighted by molar-refractivity contribution is 4.91. The maximum Gasteiger partial charge on any atom is 0.179 e. The van der Waals surface area contributed by atoms with E-state index in [1.165, 1.54) is 0 Å². The van der Waals surface area contributed by atoms with E-state index in [1.54, 1.807) is 11.8 Å². The maximum absolute atomic E-state index is 9.30. The summed E-state index contributed by atoms with van der Waals surface area (Å²) in [6.45, 7) is 2.94. The number of hydrogen-bond acceptors (Lipinski definition) is 3. The molecule has 1 rings (SSSR count). The lowest BCUT2D eigenvalue weighted by Crippen LogP contribution is -2.27. The SMILES string of the molecule is CC1(O)CCN(C#N)C1. The minimum absolute atomic E-state index is 0.490. The third kappa shape index (κ3) is 1.33. The molecule has 1 atom stereocenters. The fourth-order valence-corrected chi connectivity index (χ4v) is 1.03. The zero-order valence-corrected chi connectivity index (χ0v) is 5.46. The van der Waals surface area contributed by atoms with Gasteiger partial charge in [0.2, 0.25) is 0 Å². The molecule has 1 fully saturated rings. The van der Waals surface area contributed by atoms with Gasteiger partial charge in [-0.05, 0) is 13.3 Å². The van der Waals surface area contributed by atoms with E-state index in [-0.39, 0.29) is 0 Å². The Bertz CT molecular complexity index is 148. The highest BCUT2D eigenvalue weighted by atomic mass is 16.3. The molecule has 0 aliphatic carbocycles. The van der Waals surface area contributed by atoms with Crippen molar-refractivity contribution in [1.82, 2.24) is 4.90 Å². The Labute approximate surface area is 54.5 Å². The van der Waals surface area contributed by atoms with Crippen LogP contribution in [0.3, 0.4) is 0 Å². The standard InChI is InChI=1S/C6H10N2O/c1-6(9)2-3-8(4-6)5-7/h9H,2-4H2,1H3. The predicted octanol–water partition coefficient (Wildman–Crippen LogP) is -0.0758. The van der Waals surface area contributed by atoms with Gasteiger partial charge in [-0.15, -0.1) is 0 Å². The average Bonchev–Trinajstić information content (AvgIpc) is 2.10. The maximum atomic E-state index is 9.30. The van der Waals surface area contributed by atoms with Gasteiger partial charge in [-0.3, -0.25) is 0 Å². The number of likely N-dealkylation sites (tertiary alicyclic amines) is 1. The largest absolute Gasteiger partial charge is 0.388 e. The van der Waals surface area contributed by atoms with Gasteiger partial charge in [-0.2, -0.15) is 5.26 Å². The molecule has 0 spiro atoms. The Balaban J connectivity index is 2.50.